The SMILES string of the molecule is C/C(=N\[S@](=O)C(C)(C)C)c1ccc2ccccc2c1. The van der Waals surface area contributed by atoms with Crippen molar-refractivity contribution in [1.82, 2.24) is 0 Å². The van der Waals surface area contributed by atoms with Crippen LogP contribution in [0, 0.1) is 0 Å². The maximum atomic E-state index is 12.0. The topological polar surface area (TPSA) is 29.4 Å². The van der Waals surface area contributed by atoms with Crippen LogP contribution in [0.3, 0.4) is 0 Å². The minimum absolute atomic E-state index is 0.321. The first-order chi connectivity index (χ1) is 8.88. The lowest BCUT2D eigenvalue weighted by molar-refractivity contribution is 0.650. The summed E-state index contributed by atoms with van der Waals surface area (Å²) < 4.78 is 16.0. The van der Waals surface area contributed by atoms with Gasteiger partial charge < -0.3 is 0 Å². The van der Waals surface area contributed by atoms with Gasteiger partial charge in [0.15, 0.2) is 0 Å². The summed E-state index contributed by atoms with van der Waals surface area (Å²) in [6.07, 6.45) is 0. The molecule has 2 aromatic carbocycles. The Hall–Kier alpha value is -1.48. The fourth-order valence-electron chi connectivity index (χ4n) is 1.73. The minimum atomic E-state index is -1.21. The van der Waals surface area contributed by atoms with Crippen LogP contribution < -0.4 is 0 Å². The van der Waals surface area contributed by atoms with Gasteiger partial charge in [-0.3, -0.25) is 0 Å². The Bertz CT molecular complexity index is 653. The van der Waals surface area contributed by atoms with Crippen molar-refractivity contribution in [1.29, 1.82) is 0 Å². The van der Waals surface area contributed by atoms with Gasteiger partial charge in [-0.1, -0.05) is 36.4 Å². The predicted octanol–water partition coefficient (Wildman–Crippen LogP) is 4.11. The molecule has 0 amide bonds. The number of rotatable bonds is 2. The van der Waals surface area contributed by atoms with E-state index in [0.29, 0.717) is 0 Å². The monoisotopic (exact) mass is 273 g/mol. The van der Waals surface area contributed by atoms with E-state index in [4.69, 9.17) is 0 Å². The lowest BCUT2D eigenvalue weighted by Gasteiger charge is -2.14. The molecule has 0 spiro atoms. The molecule has 0 aliphatic carbocycles. The zero-order chi connectivity index (χ0) is 14.0. The van der Waals surface area contributed by atoms with Gasteiger partial charge in [0.25, 0.3) is 0 Å². The van der Waals surface area contributed by atoms with Crippen molar-refractivity contribution in [2.24, 2.45) is 4.40 Å². The van der Waals surface area contributed by atoms with E-state index in [1.54, 1.807) is 0 Å². The van der Waals surface area contributed by atoms with Gasteiger partial charge in [-0.05, 0) is 50.1 Å². The molecule has 0 fully saturated rings. The summed E-state index contributed by atoms with van der Waals surface area (Å²) in [5.41, 5.74) is 1.84. The predicted molar refractivity (Wildman–Crippen MR) is 84.1 cm³/mol. The summed E-state index contributed by atoms with van der Waals surface area (Å²) in [7, 11) is -1.21. The van der Waals surface area contributed by atoms with Crippen LogP contribution in [0.1, 0.15) is 33.3 Å². The van der Waals surface area contributed by atoms with Crippen LogP contribution in [0.15, 0.2) is 46.9 Å². The molecule has 3 heteroatoms. The fraction of sp³-hybridized carbons (Fsp3) is 0.312. The van der Waals surface area contributed by atoms with E-state index >= 15 is 0 Å². The van der Waals surface area contributed by atoms with Crippen LogP contribution in [0.5, 0.6) is 0 Å². The Morgan fingerprint density at radius 2 is 1.68 bits per heavy atom. The van der Waals surface area contributed by atoms with Gasteiger partial charge in [-0.25, -0.2) is 4.21 Å². The highest BCUT2D eigenvalue weighted by Crippen LogP contribution is 2.18. The number of fused-ring (bicyclic) bond motifs is 1. The van der Waals surface area contributed by atoms with E-state index < -0.39 is 11.0 Å². The van der Waals surface area contributed by atoms with E-state index in [-0.39, 0.29) is 4.75 Å². The summed E-state index contributed by atoms with van der Waals surface area (Å²) in [6, 6.07) is 14.4. The average Bonchev–Trinajstić information content (AvgIpc) is 2.37. The molecule has 0 aliphatic rings. The van der Waals surface area contributed by atoms with Gasteiger partial charge in [0, 0.05) is 0 Å². The highest BCUT2D eigenvalue weighted by molar-refractivity contribution is 7.85. The zero-order valence-electron chi connectivity index (χ0n) is 11.8. The first-order valence-electron chi connectivity index (χ1n) is 6.34. The minimum Gasteiger partial charge on any atom is -0.234 e. The largest absolute Gasteiger partial charge is 0.234 e. The molecular formula is C16H19NOS. The number of benzene rings is 2. The first-order valence-corrected chi connectivity index (χ1v) is 7.45. The molecule has 0 radical (unpaired) electrons. The molecule has 0 saturated heterocycles. The molecule has 0 saturated carbocycles. The van der Waals surface area contributed by atoms with Gasteiger partial charge in [0.2, 0.25) is 0 Å². The molecule has 0 bridgehead atoms. The molecule has 2 aromatic rings. The van der Waals surface area contributed by atoms with E-state index in [1.807, 2.05) is 45.9 Å². The third-order valence-electron chi connectivity index (χ3n) is 2.91. The van der Waals surface area contributed by atoms with Crippen molar-refractivity contribution in [2.45, 2.75) is 32.4 Å². The number of hydrogen-bond donors (Lipinski definition) is 0. The second-order valence-corrected chi connectivity index (χ2v) is 7.51. The molecule has 0 unspecified atom stereocenters. The van der Waals surface area contributed by atoms with Crippen molar-refractivity contribution >= 4 is 27.5 Å². The summed E-state index contributed by atoms with van der Waals surface area (Å²) in [5.74, 6) is 0. The number of nitrogens with zero attached hydrogens (tertiary/aromatic N) is 1. The van der Waals surface area contributed by atoms with E-state index in [1.165, 1.54) is 10.8 Å². The highest BCUT2D eigenvalue weighted by Gasteiger charge is 2.19. The molecule has 19 heavy (non-hydrogen) atoms. The van der Waals surface area contributed by atoms with Crippen LogP contribution >= 0.6 is 0 Å². The van der Waals surface area contributed by atoms with Gasteiger partial charge in [0.05, 0.1) is 10.5 Å². The Morgan fingerprint density at radius 1 is 1.05 bits per heavy atom. The maximum absolute atomic E-state index is 12.0. The van der Waals surface area contributed by atoms with Crippen molar-refractivity contribution in [3.63, 3.8) is 0 Å². The highest BCUT2D eigenvalue weighted by atomic mass is 32.2. The van der Waals surface area contributed by atoms with Gasteiger partial charge >= 0.3 is 0 Å². The van der Waals surface area contributed by atoms with Crippen molar-refractivity contribution in [3.8, 4) is 0 Å². The summed E-state index contributed by atoms with van der Waals surface area (Å²) >= 11 is 0. The Balaban J connectivity index is 2.39. The second kappa shape index (κ2) is 5.25. The molecule has 0 aliphatic heterocycles. The van der Waals surface area contributed by atoms with Crippen LogP contribution in [-0.2, 0) is 11.0 Å². The van der Waals surface area contributed by atoms with Gasteiger partial charge in [0.1, 0.15) is 11.0 Å². The maximum Gasteiger partial charge on any atom is 0.145 e. The second-order valence-electron chi connectivity index (χ2n) is 5.60. The Morgan fingerprint density at radius 3 is 2.32 bits per heavy atom. The fourth-order valence-corrected chi connectivity index (χ4v) is 2.36. The first kappa shape index (κ1) is 13.9. The Labute approximate surface area is 117 Å². The van der Waals surface area contributed by atoms with Gasteiger partial charge in [-0.15, -0.1) is 0 Å². The summed E-state index contributed by atoms with van der Waals surface area (Å²) in [4.78, 5) is 0. The van der Waals surface area contributed by atoms with Crippen LogP contribution in [0.4, 0.5) is 0 Å². The molecule has 0 N–H and O–H groups in total. The van der Waals surface area contributed by atoms with Crippen LogP contribution in [-0.4, -0.2) is 14.7 Å². The zero-order valence-corrected chi connectivity index (χ0v) is 12.6. The standard InChI is InChI=1S/C16H19NOS/c1-12(17-19(18)16(2,3)4)14-10-9-13-7-5-6-8-15(13)11-14/h5-11H,1-4H3/b17-12+/t19-/m1/s1. The van der Waals surface area contributed by atoms with E-state index in [0.717, 1.165) is 11.3 Å². The van der Waals surface area contributed by atoms with Crippen LogP contribution in [0.2, 0.25) is 0 Å². The molecule has 1 atom stereocenters. The molecule has 2 nitrogen and oxygen atoms in total. The average molecular weight is 273 g/mol. The smallest absolute Gasteiger partial charge is 0.145 e. The van der Waals surface area contributed by atoms with Gasteiger partial charge in [-0.2, -0.15) is 4.40 Å². The van der Waals surface area contributed by atoms with Crippen molar-refractivity contribution < 1.29 is 4.21 Å². The molecule has 100 valence electrons. The molecule has 0 aromatic heterocycles. The molecular weight excluding hydrogens is 254 g/mol. The van der Waals surface area contributed by atoms with Crippen molar-refractivity contribution in [3.05, 3.63) is 48.0 Å². The lowest BCUT2D eigenvalue weighted by Crippen LogP contribution is -2.20. The summed E-state index contributed by atoms with van der Waals surface area (Å²) in [6.45, 7) is 7.70. The third kappa shape index (κ3) is 3.29. The molecule has 0 heterocycles. The number of hydrogen-bond acceptors (Lipinski definition) is 1. The Kier molecular flexibility index (Phi) is 3.85. The molecule has 2 rings (SSSR count). The van der Waals surface area contributed by atoms with E-state index in [9.17, 15) is 4.21 Å². The quantitative estimate of drug-likeness (QED) is 0.757. The summed E-state index contributed by atoms with van der Waals surface area (Å²) in [5, 5.41) is 2.38. The van der Waals surface area contributed by atoms with Crippen LogP contribution in [0.25, 0.3) is 10.8 Å². The lowest BCUT2D eigenvalue weighted by atomic mass is 10.1. The van der Waals surface area contributed by atoms with Crippen molar-refractivity contribution in [2.75, 3.05) is 0 Å². The third-order valence-corrected chi connectivity index (χ3v) is 4.40. The van der Waals surface area contributed by atoms with E-state index in [2.05, 4.69) is 28.7 Å². The normalized spacial score (nSPS) is 14.6.